The minimum atomic E-state index is -0.860. The van der Waals surface area contributed by atoms with Crippen molar-refractivity contribution in [2.75, 3.05) is 18.4 Å². The highest BCUT2D eigenvalue weighted by molar-refractivity contribution is 5.97. The van der Waals surface area contributed by atoms with Crippen molar-refractivity contribution >= 4 is 28.5 Å². The van der Waals surface area contributed by atoms with Crippen LogP contribution in [0.2, 0.25) is 0 Å². The van der Waals surface area contributed by atoms with Gasteiger partial charge in [0.25, 0.3) is 5.91 Å². The number of amides is 1. The lowest BCUT2D eigenvalue weighted by Crippen LogP contribution is -2.35. The standard InChI is InChI=1S/C19H23FN4O4/c1-3-24-10-14(19(27)23-28-11(2)25)18(26)13-8-15(20)16(9-17(13)24)22-12-4-6-21-7-5-12/h8-10,12,21-22H,3-7H2,1-2H3,(H,23,27). The molecule has 0 saturated carbocycles. The van der Waals surface area contributed by atoms with Gasteiger partial charge in [-0.05, 0) is 45.0 Å². The summed E-state index contributed by atoms with van der Waals surface area (Å²) >= 11 is 0. The van der Waals surface area contributed by atoms with Gasteiger partial charge in [0.1, 0.15) is 11.4 Å². The van der Waals surface area contributed by atoms with Crippen LogP contribution < -0.4 is 21.5 Å². The number of piperidine rings is 1. The van der Waals surface area contributed by atoms with Crippen molar-refractivity contribution in [3.63, 3.8) is 0 Å². The van der Waals surface area contributed by atoms with Crippen LogP contribution in [0.1, 0.15) is 37.0 Å². The molecule has 1 fully saturated rings. The molecule has 0 bridgehead atoms. The van der Waals surface area contributed by atoms with E-state index in [2.05, 4.69) is 15.5 Å². The number of nitrogens with one attached hydrogen (secondary N) is 3. The fraction of sp³-hybridized carbons (Fsp3) is 0.421. The summed E-state index contributed by atoms with van der Waals surface area (Å²) in [6.07, 6.45) is 3.15. The van der Waals surface area contributed by atoms with Gasteiger partial charge in [0.2, 0.25) is 5.43 Å². The summed E-state index contributed by atoms with van der Waals surface area (Å²) in [5.41, 5.74) is 1.92. The van der Waals surface area contributed by atoms with Crippen molar-refractivity contribution < 1.29 is 18.8 Å². The van der Waals surface area contributed by atoms with Crippen LogP contribution in [0.25, 0.3) is 10.9 Å². The van der Waals surface area contributed by atoms with Gasteiger partial charge in [-0.2, -0.15) is 5.48 Å². The van der Waals surface area contributed by atoms with E-state index >= 15 is 0 Å². The molecule has 1 aliphatic rings. The van der Waals surface area contributed by atoms with Crippen molar-refractivity contribution in [2.24, 2.45) is 0 Å². The molecule has 1 amide bonds. The van der Waals surface area contributed by atoms with E-state index in [1.54, 1.807) is 10.6 Å². The Morgan fingerprint density at radius 3 is 2.68 bits per heavy atom. The van der Waals surface area contributed by atoms with Crippen LogP contribution in [0.3, 0.4) is 0 Å². The number of aromatic nitrogens is 1. The quantitative estimate of drug-likeness (QED) is 0.685. The molecule has 1 aliphatic heterocycles. The lowest BCUT2D eigenvalue weighted by molar-refractivity contribution is -0.146. The molecule has 1 aromatic carbocycles. The third-order valence-corrected chi connectivity index (χ3v) is 4.74. The summed E-state index contributed by atoms with van der Waals surface area (Å²) in [5.74, 6) is -2.13. The molecule has 2 heterocycles. The van der Waals surface area contributed by atoms with Crippen LogP contribution in [0.4, 0.5) is 10.1 Å². The Bertz CT molecular complexity index is 967. The van der Waals surface area contributed by atoms with E-state index in [1.807, 2.05) is 12.4 Å². The van der Waals surface area contributed by atoms with Gasteiger partial charge in [0.15, 0.2) is 0 Å². The zero-order valence-corrected chi connectivity index (χ0v) is 15.8. The normalized spacial score (nSPS) is 14.7. The third-order valence-electron chi connectivity index (χ3n) is 4.74. The summed E-state index contributed by atoms with van der Waals surface area (Å²) < 4.78 is 16.4. The first-order chi connectivity index (χ1) is 13.4. The highest BCUT2D eigenvalue weighted by atomic mass is 19.1. The lowest BCUT2D eigenvalue weighted by atomic mass is 10.1. The van der Waals surface area contributed by atoms with Gasteiger partial charge in [-0.3, -0.25) is 14.4 Å². The molecule has 0 aliphatic carbocycles. The summed E-state index contributed by atoms with van der Waals surface area (Å²) in [6.45, 7) is 5.17. The lowest BCUT2D eigenvalue weighted by Gasteiger charge is -2.25. The van der Waals surface area contributed by atoms with E-state index in [4.69, 9.17) is 0 Å². The van der Waals surface area contributed by atoms with Crippen LogP contribution in [-0.2, 0) is 16.2 Å². The number of carbonyl (C=O) groups excluding carboxylic acids is 2. The first-order valence-electron chi connectivity index (χ1n) is 9.22. The molecule has 0 spiro atoms. The highest BCUT2D eigenvalue weighted by Gasteiger charge is 2.20. The molecule has 1 saturated heterocycles. The fourth-order valence-corrected chi connectivity index (χ4v) is 3.30. The zero-order valence-electron chi connectivity index (χ0n) is 15.8. The second-order valence-electron chi connectivity index (χ2n) is 6.70. The number of benzene rings is 1. The smallest absolute Gasteiger partial charge is 0.329 e. The zero-order chi connectivity index (χ0) is 20.3. The number of fused-ring (bicyclic) bond motifs is 1. The second-order valence-corrected chi connectivity index (χ2v) is 6.70. The summed E-state index contributed by atoms with van der Waals surface area (Å²) in [7, 11) is 0. The second kappa shape index (κ2) is 8.39. The molecule has 0 atom stereocenters. The average molecular weight is 390 g/mol. The molecule has 0 radical (unpaired) electrons. The van der Waals surface area contributed by atoms with E-state index in [0.717, 1.165) is 38.9 Å². The minimum absolute atomic E-state index is 0.0886. The SMILES string of the molecule is CCn1cc(C(=O)NOC(C)=O)c(=O)c2cc(F)c(NC3CCNCC3)cc21. The minimum Gasteiger partial charge on any atom is -0.380 e. The van der Waals surface area contributed by atoms with Crippen molar-refractivity contribution in [1.82, 2.24) is 15.4 Å². The van der Waals surface area contributed by atoms with E-state index < -0.39 is 23.1 Å². The Kier molecular flexibility index (Phi) is 5.93. The molecule has 150 valence electrons. The van der Waals surface area contributed by atoms with Gasteiger partial charge in [-0.15, -0.1) is 0 Å². The highest BCUT2D eigenvalue weighted by Crippen LogP contribution is 2.24. The van der Waals surface area contributed by atoms with Crippen LogP contribution in [0.15, 0.2) is 23.1 Å². The van der Waals surface area contributed by atoms with Crippen molar-refractivity contribution in [1.29, 1.82) is 0 Å². The Hall–Kier alpha value is -2.94. The molecule has 28 heavy (non-hydrogen) atoms. The van der Waals surface area contributed by atoms with Crippen molar-refractivity contribution in [3.8, 4) is 0 Å². The maximum absolute atomic E-state index is 14.7. The molecular weight excluding hydrogens is 367 g/mol. The Morgan fingerprint density at radius 1 is 1.32 bits per heavy atom. The predicted octanol–water partition coefficient (Wildman–Crippen LogP) is 1.53. The third kappa shape index (κ3) is 4.14. The van der Waals surface area contributed by atoms with Gasteiger partial charge in [0.05, 0.1) is 11.2 Å². The number of rotatable bonds is 4. The number of hydrogen-bond acceptors (Lipinski definition) is 6. The van der Waals surface area contributed by atoms with Crippen LogP contribution in [0.5, 0.6) is 0 Å². The van der Waals surface area contributed by atoms with E-state index in [1.165, 1.54) is 6.20 Å². The number of carbonyl (C=O) groups is 2. The van der Waals surface area contributed by atoms with Crippen LogP contribution in [0, 0.1) is 5.82 Å². The number of hydrogen-bond donors (Lipinski definition) is 3. The molecule has 9 heteroatoms. The van der Waals surface area contributed by atoms with Gasteiger partial charge in [-0.1, -0.05) is 0 Å². The molecule has 1 aromatic heterocycles. The van der Waals surface area contributed by atoms with E-state index in [0.29, 0.717) is 17.7 Å². The Morgan fingerprint density at radius 2 is 2.04 bits per heavy atom. The number of aryl methyl sites for hydroxylation is 1. The largest absolute Gasteiger partial charge is 0.380 e. The van der Waals surface area contributed by atoms with Gasteiger partial charge < -0.3 is 20.0 Å². The van der Waals surface area contributed by atoms with Crippen molar-refractivity contribution in [3.05, 3.63) is 39.9 Å². The molecule has 2 aromatic rings. The Labute approximate surface area is 161 Å². The average Bonchev–Trinajstić information content (AvgIpc) is 2.68. The predicted molar refractivity (Wildman–Crippen MR) is 103 cm³/mol. The Balaban J connectivity index is 2.01. The molecule has 0 unspecified atom stereocenters. The summed E-state index contributed by atoms with van der Waals surface area (Å²) in [4.78, 5) is 40.2. The van der Waals surface area contributed by atoms with Gasteiger partial charge in [0, 0.05) is 31.1 Å². The van der Waals surface area contributed by atoms with Gasteiger partial charge in [-0.25, -0.2) is 4.39 Å². The van der Waals surface area contributed by atoms with E-state index in [-0.39, 0.29) is 17.0 Å². The maximum Gasteiger partial charge on any atom is 0.329 e. The first-order valence-corrected chi connectivity index (χ1v) is 9.22. The number of pyridine rings is 1. The van der Waals surface area contributed by atoms with E-state index in [9.17, 15) is 18.8 Å². The molecule has 3 rings (SSSR count). The molecule has 8 nitrogen and oxygen atoms in total. The van der Waals surface area contributed by atoms with Crippen LogP contribution in [-0.4, -0.2) is 35.6 Å². The number of nitrogens with zero attached hydrogens (tertiary/aromatic N) is 1. The number of anilines is 1. The first kappa shape index (κ1) is 19.8. The summed E-state index contributed by atoms with van der Waals surface area (Å²) in [6, 6.07) is 2.91. The molecular formula is C19H23FN4O4. The number of halogens is 1. The maximum atomic E-state index is 14.7. The number of hydroxylamine groups is 1. The topological polar surface area (TPSA) is 101 Å². The monoisotopic (exact) mass is 390 g/mol. The fourth-order valence-electron chi connectivity index (χ4n) is 3.30. The van der Waals surface area contributed by atoms with Gasteiger partial charge >= 0.3 is 5.97 Å². The van der Waals surface area contributed by atoms with Crippen molar-refractivity contribution in [2.45, 2.75) is 39.3 Å². The molecule has 3 N–H and O–H groups in total. The summed E-state index contributed by atoms with van der Waals surface area (Å²) in [5, 5.41) is 6.56. The van der Waals surface area contributed by atoms with Crippen LogP contribution >= 0.6 is 0 Å².